The Kier molecular flexibility index (Phi) is 6.36. The van der Waals surface area contributed by atoms with Crippen LogP contribution in [0.3, 0.4) is 0 Å². The second-order valence-corrected chi connectivity index (χ2v) is 5.97. The maximum absolute atomic E-state index is 13.7. The summed E-state index contributed by atoms with van der Waals surface area (Å²) in [4.78, 5) is 23.8. The van der Waals surface area contributed by atoms with Crippen molar-refractivity contribution < 1.29 is 18.7 Å². The Morgan fingerprint density at radius 3 is 2.56 bits per heavy atom. The van der Waals surface area contributed by atoms with Gasteiger partial charge in [-0.2, -0.15) is 0 Å². The van der Waals surface area contributed by atoms with E-state index in [0.29, 0.717) is 5.75 Å². The monoisotopic (exact) mass is 364 g/mol. The fourth-order valence-corrected chi connectivity index (χ4v) is 2.20. The molecule has 0 aliphatic carbocycles. The number of carbonyl (C=O) groups excluding carboxylic acids is 2. The lowest BCUT2D eigenvalue weighted by molar-refractivity contribution is -0.136. The summed E-state index contributed by atoms with van der Waals surface area (Å²) in [6.07, 6.45) is -0.0203. The van der Waals surface area contributed by atoms with Gasteiger partial charge in [-0.05, 0) is 38.1 Å². The highest BCUT2D eigenvalue weighted by atomic mass is 35.5. The minimum atomic E-state index is -0.969. The summed E-state index contributed by atoms with van der Waals surface area (Å²) >= 11 is 5.64. The predicted molar refractivity (Wildman–Crippen MR) is 94.1 cm³/mol. The fraction of sp³-hybridized carbons (Fsp3) is 0.222. The van der Waals surface area contributed by atoms with E-state index in [2.05, 4.69) is 10.6 Å². The summed E-state index contributed by atoms with van der Waals surface area (Å²) in [5.41, 5.74) is 0.614. The Labute approximate surface area is 150 Å². The summed E-state index contributed by atoms with van der Waals surface area (Å²) in [6.45, 7) is 3.89. The molecular formula is C18H18ClFN2O3. The highest BCUT2D eigenvalue weighted by molar-refractivity contribution is 6.39. The lowest BCUT2D eigenvalue weighted by Gasteiger charge is -2.14. The van der Waals surface area contributed by atoms with Crippen LogP contribution in [0.1, 0.15) is 19.4 Å². The zero-order valence-corrected chi connectivity index (χ0v) is 14.6. The number of carbonyl (C=O) groups is 2. The van der Waals surface area contributed by atoms with Crippen LogP contribution in [0.2, 0.25) is 5.02 Å². The number of amides is 2. The Bertz CT molecular complexity index is 781. The van der Waals surface area contributed by atoms with Crippen molar-refractivity contribution in [3.63, 3.8) is 0 Å². The van der Waals surface area contributed by atoms with Gasteiger partial charge in [0.15, 0.2) is 0 Å². The number of hydrogen-bond donors (Lipinski definition) is 2. The molecule has 7 heteroatoms. The van der Waals surface area contributed by atoms with Gasteiger partial charge in [0, 0.05) is 17.1 Å². The molecule has 0 saturated heterocycles. The average molecular weight is 365 g/mol. The highest BCUT2D eigenvalue weighted by Crippen LogP contribution is 2.20. The van der Waals surface area contributed by atoms with Gasteiger partial charge in [-0.25, -0.2) is 4.39 Å². The molecule has 0 spiro atoms. The van der Waals surface area contributed by atoms with Gasteiger partial charge in [0.1, 0.15) is 11.6 Å². The van der Waals surface area contributed by atoms with E-state index in [4.69, 9.17) is 16.3 Å². The number of anilines is 1. The van der Waals surface area contributed by atoms with Gasteiger partial charge in [-0.15, -0.1) is 0 Å². The first kappa shape index (κ1) is 18.7. The quantitative estimate of drug-likeness (QED) is 0.798. The van der Waals surface area contributed by atoms with Crippen molar-refractivity contribution in [3.05, 3.63) is 58.9 Å². The molecule has 0 aliphatic rings. The standard InChI is InChI=1S/C18H18ClFN2O3/c1-11(2)25-16-6-4-3-5-12(16)10-21-17(23)18(24)22-15-8-7-13(19)9-14(15)20/h3-9,11H,10H2,1-2H3,(H,21,23)(H,22,24). The summed E-state index contributed by atoms with van der Waals surface area (Å²) in [5.74, 6) is -1.94. The van der Waals surface area contributed by atoms with E-state index >= 15 is 0 Å². The molecule has 2 aromatic carbocycles. The lowest BCUT2D eigenvalue weighted by atomic mass is 10.2. The Balaban J connectivity index is 1.97. The van der Waals surface area contributed by atoms with Gasteiger partial charge in [-0.3, -0.25) is 9.59 Å². The van der Waals surface area contributed by atoms with Crippen molar-refractivity contribution in [2.24, 2.45) is 0 Å². The summed E-state index contributed by atoms with van der Waals surface area (Å²) in [7, 11) is 0. The molecule has 0 radical (unpaired) electrons. The summed E-state index contributed by atoms with van der Waals surface area (Å²) in [6, 6.07) is 10.9. The second-order valence-electron chi connectivity index (χ2n) is 5.54. The molecule has 2 amide bonds. The number of halogens is 2. The predicted octanol–water partition coefficient (Wildman–Crippen LogP) is 3.52. The zero-order chi connectivity index (χ0) is 18.4. The van der Waals surface area contributed by atoms with Crippen LogP contribution in [0.25, 0.3) is 0 Å². The van der Waals surface area contributed by atoms with Gasteiger partial charge in [0.2, 0.25) is 0 Å². The molecule has 0 aromatic heterocycles. The zero-order valence-electron chi connectivity index (χ0n) is 13.8. The van der Waals surface area contributed by atoms with E-state index in [9.17, 15) is 14.0 Å². The highest BCUT2D eigenvalue weighted by Gasteiger charge is 2.16. The third kappa shape index (κ3) is 5.46. The average Bonchev–Trinajstić information content (AvgIpc) is 2.55. The van der Waals surface area contributed by atoms with Gasteiger partial charge < -0.3 is 15.4 Å². The van der Waals surface area contributed by atoms with Crippen LogP contribution in [0.15, 0.2) is 42.5 Å². The van der Waals surface area contributed by atoms with Crippen LogP contribution in [0, 0.1) is 5.82 Å². The molecule has 25 heavy (non-hydrogen) atoms. The van der Waals surface area contributed by atoms with Crippen molar-refractivity contribution in [3.8, 4) is 5.75 Å². The van der Waals surface area contributed by atoms with E-state index in [-0.39, 0.29) is 23.4 Å². The largest absolute Gasteiger partial charge is 0.491 e. The third-order valence-corrected chi connectivity index (χ3v) is 3.40. The Hall–Kier alpha value is -2.60. The van der Waals surface area contributed by atoms with Crippen molar-refractivity contribution in [2.45, 2.75) is 26.5 Å². The van der Waals surface area contributed by atoms with Gasteiger partial charge in [-0.1, -0.05) is 29.8 Å². The molecule has 0 unspecified atom stereocenters. The number of benzene rings is 2. The van der Waals surface area contributed by atoms with Crippen LogP contribution < -0.4 is 15.4 Å². The van der Waals surface area contributed by atoms with Gasteiger partial charge in [0.05, 0.1) is 11.8 Å². The maximum atomic E-state index is 13.7. The first-order chi connectivity index (χ1) is 11.9. The molecule has 0 saturated carbocycles. The Morgan fingerprint density at radius 1 is 1.16 bits per heavy atom. The van der Waals surface area contributed by atoms with Crippen LogP contribution in [-0.2, 0) is 16.1 Å². The van der Waals surface area contributed by atoms with Crippen LogP contribution in [0.4, 0.5) is 10.1 Å². The summed E-state index contributed by atoms with van der Waals surface area (Å²) < 4.78 is 19.3. The van der Waals surface area contributed by atoms with E-state index in [1.807, 2.05) is 19.9 Å². The third-order valence-electron chi connectivity index (χ3n) is 3.16. The number of hydrogen-bond acceptors (Lipinski definition) is 3. The SMILES string of the molecule is CC(C)Oc1ccccc1CNC(=O)C(=O)Nc1ccc(Cl)cc1F. The van der Waals surface area contributed by atoms with Crippen molar-refractivity contribution in [2.75, 3.05) is 5.32 Å². The molecule has 5 nitrogen and oxygen atoms in total. The minimum Gasteiger partial charge on any atom is -0.491 e. The first-order valence-electron chi connectivity index (χ1n) is 7.65. The molecule has 2 N–H and O–H groups in total. The van der Waals surface area contributed by atoms with Crippen LogP contribution >= 0.6 is 11.6 Å². The molecule has 2 rings (SSSR count). The molecule has 0 heterocycles. The Morgan fingerprint density at radius 2 is 1.88 bits per heavy atom. The molecule has 2 aromatic rings. The number of nitrogens with one attached hydrogen (secondary N) is 2. The lowest BCUT2D eigenvalue weighted by Crippen LogP contribution is -2.35. The second kappa shape index (κ2) is 8.48. The molecule has 0 aliphatic heterocycles. The minimum absolute atomic E-state index is 0.0203. The molecule has 0 fully saturated rings. The number of ether oxygens (including phenoxy) is 1. The van der Waals surface area contributed by atoms with Crippen molar-refractivity contribution in [1.29, 1.82) is 0 Å². The van der Waals surface area contributed by atoms with E-state index in [1.165, 1.54) is 12.1 Å². The molecule has 0 atom stereocenters. The normalized spacial score (nSPS) is 10.4. The number of para-hydroxylation sites is 1. The molecule has 132 valence electrons. The topological polar surface area (TPSA) is 67.4 Å². The fourth-order valence-electron chi connectivity index (χ4n) is 2.04. The first-order valence-corrected chi connectivity index (χ1v) is 8.03. The summed E-state index contributed by atoms with van der Waals surface area (Å²) in [5, 5.41) is 4.88. The van der Waals surface area contributed by atoms with Crippen molar-refractivity contribution >= 4 is 29.1 Å². The maximum Gasteiger partial charge on any atom is 0.313 e. The van der Waals surface area contributed by atoms with Gasteiger partial charge in [0.25, 0.3) is 0 Å². The molecular weight excluding hydrogens is 347 g/mol. The van der Waals surface area contributed by atoms with Crippen LogP contribution in [0.5, 0.6) is 5.75 Å². The smallest absolute Gasteiger partial charge is 0.313 e. The molecule has 0 bridgehead atoms. The van der Waals surface area contributed by atoms with E-state index < -0.39 is 17.6 Å². The van der Waals surface area contributed by atoms with Crippen molar-refractivity contribution in [1.82, 2.24) is 5.32 Å². The van der Waals surface area contributed by atoms with Gasteiger partial charge >= 0.3 is 11.8 Å². The van der Waals surface area contributed by atoms with E-state index in [0.717, 1.165) is 11.6 Å². The van der Waals surface area contributed by atoms with E-state index in [1.54, 1.807) is 18.2 Å². The number of rotatable bonds is 5. The van der Waals surface area contributed by atoms with Crippen LogP contribution in [-0.4, -0.2) is 17.9 Å².